The van der Waals surface area contributed by atoms with Crippen molar-refractivity contribution < 1.29 is 27.1 Å². The van der Waals surface area contributed by atoms with E-state index in [4.69, 9.17) is 4.74 Å². The van der Waals surface area contributed by atoms with E-state index in [0.29, 0.717) is 17.7 Å². The first-order valence-corrected chi connectivity index (χ1v) is 8.30. The molecule has 1 aromatic carbocycles. The van der Waals surface area contributed by atoms with Crippen molar-refractivity contribution in [2.75, 3.05) is 13.2 Å². The van der Waals surface area contributed by atoms with Crippen molar-refractivity contribution in [1.29, 1.82) is 0 Å². The monoisotopic (exact) mass is 383 g/mol. The number of carbonyl (C=O) groups is 1. The van der Waals surface area contributed by atoms with Gasteiger partial charge in [-0.1, -0.05) is 0 Å². The van der Waals surface area contributed by atoms with E-state index in [1.165, 1.54) is 18.2 Å². The van der Waals surface area contributed by atoms with Crippen molar-refractivity contribution in [3.8, 4) is 5.75 Å². The van der Waals surface area contributed by atoms with Crippen LogP contribution in [0.3, 0.4) is 0 Å². The normalized spacial score (nSPS) is 15.8. The van der Waals surface area contributed by atoms with Crippen LogP contribution in [-0.2, 0) is 12.8 Å². The van der Waals surface area contributed by atoms with E-state index >= 15 is 0 Å². The number of fused-ring (bicyclic) bond motifs is 1. The van der Waals surface area contributed by atoms with E-state index in [1.807, 2.05) is 0 Å². The molecule has 5 nitrogen and oxygen atoms in total. The average Bonchev–Trinajstić information content (AvgIpc) is 2.61. The van der Waals surface area contributed by atoms with Crippen LogP contribution in [0.2, 0.25) is 0 Å². The van der Waals surface area contributed by atoms with Crippen molar-refractivity contribution >= 4 is 6.03 Å². The van der Waals surface area contributed by atoms with Crippen LogP contribution in [-0.4, -0.2) is 30.2 Å². The molecular weight excluding hydrogens is 366 g/mol. The summed E-state index contributed by atoms with van der Waals surface area (Å²) in [6.07, 6.45) is -0.846. The third-order valence-electron chi connectivity index (χ3n) is 4.08. The first kappa shape index (κ1) is 18.9. The lowest BCUT2D eigenvalue weighted by Crippen LogP contribution is -2.47. The first-order chi connectivity index (χ1) is 12.9. The fourth-order valence-corrected chi connectivity index (χ4v) is 2.78. The van der Waals surface area contributed by atoms with E-state index in [2.05, 4.69) is 15.6 Å². The Labute approximate surface area is 152 Å². The fourth-order valence-electron chi connectivity index (χ4n) is 2.78. The number of benzene rings is 1. The van der Waals surface area contributed by atoms with Gasteiger partial charge in [-0.15, -0.1) is 0 Å². The van der Waals surface area contributed by atoms with Crippen molar-refractivity contribution in [3.05, 3.63) is 58.9 Å². The Morgan fingerprint density at radius 2 is 2.11 bits per heavy atom. The van der Waals surface area contributed by atoms with Crippen LogP contribution >= 0.6 is 0 Å². The van der Waals surface area contributed by atoms with E-state index < -0.39 is 30.1 Å². The Morgan fingerprint density at radius 3 is 2.81 bits per heavy atom. The van der Waals surface area contributed by atoms with Gasteiger partial charge in [-0.3, -0.25) is 4.98 Å². The topological polar surface area (TPSA) is 63.2 Å². The smallest absolute Gasteiger partial charge is 0.315 e. The lowest BCUT2D eigenvalue weighted by atomic mass is 10.0. The highest BCUT2D eigenvalue weighted by atomic mass is 19.3. The van der Waals surface area contributed by atoms with Crippen LogP contribution in [0, 0.1) is 11.6 Å². The number of nitrogens with one attached hydrogen (secondary N) is 2. The molecule has 2 aromatic rings. The molecule has 0 saturated heterocycles. The summed E-state index contributed by atoms with van der Waals surface area (Å²) in [7, 11) is 0. The molecule has 2 N–H and O–H groups in total. The number of urea groups is 1. The molecule has 0 fully saturated rings. The zero-order valence-corrected chi connectivity index (χ0v) is 14.1. The minimum absolute atomic E-state index is 0.00757. The van der Waals surface area contributed by atoms with Gasteiger partial charge in [0, 0.05) is 42.0 Å². The molecule has 0 aliphatic carbocycles. The number of amides is 2. The summed E-state index contributed by atoms with van der Waals surface area (Å²) < 4.78 is 57.1. The standard InChI is InChI=1S/C18H17F4N3O2/c19-12-5-11-6-14(9-27-16(11)15(20)7-12)25-18(26)23-4-3-13-2-1-10(8-24-13)17(21)22/h1-2,5,7-8,14,17H,3-4,6,9H2,(H2,23,25,26). The minimum atomic E-state index is -2.57. The zero-order valence-electron chi connectivity index (χ0n) is 14.1. The summed E-state index contributed by atoms with van der Waals surface area (Å²) in [5, 5.41) is 5.29. The molecule has 3 rings (SSSR count). The molecule has 1 unspecified atom stereocenters. The number of rotatable bonds is 5. The van der Waals surface area contributed by atoms with E-state index in [1.54, 1.807) is 0 Å². The molecular formula is C18H17F4N3O2. The van der Waals surface area contributed by atoms with Crippen molar-refractivity contribution in [3.63, 3.8) is 0 Å². The summed E-state index contributed by atoms with van der Waals surface area (Å²) in [5.41, 5.74) is 0.767. The fraction of sp³-hybridized carbons (Fsp3) is 0.333. The number of alkyl halides is 2. The summed E-state index contributed by atoms with van der Waals surface area (Å²) in [5.74, 6) is -1.46. The van der Waals surface area contributed by atoms with Crippen molar-refractivity contribution in [2.45, 2.75) is 25.3 Å². The summed E-state index contributed by atoms with van der Waals surface area (Å²) in [6, 6.07) is 3.81. The maximum Gasteiger partial charge on any atom is 0.315 e. The van der Waals surface area contributed by atoms with Crippen molar-refractivity contribution in [2.24, 2.45) is 0 Å². The molecule has 0 radical (unpaired) electrons. The lowest BCUT2D eigenvalue weighted by Gasteiger charge is -2.26. The largest absolute Gasteiger partial charge is 0.488 e. The van der Waals surface area contributed by atoms with Crippen LogP contribution in [0.4, 0.5) is 22.4 Å². The highest BCUT2D eigenvalue weighted by molar-refractivity contribution is 5.74. The van der Waals surface area contributed by atoms with Crippen LogP contribution < -0.4 is 15.4 Å². The molecule has 144 valence electrons. The molecule has 0 saturated carbocycles. The van der Waals surface area contributed by atoms with Crippen LogP contribution in [0.25, 0.3) is 0 Å². The predicted molar refractivity (Wildman–Crippen MR) is 88.8 cm³/mol. The van der Waals surface area contributed by atoms with Gasteiger partial charge in [0.15, 0.2) is 11.6 Å². The molecule has 2 heterocycles. The molecule has 27 heavy (non-hydrogen) atoms. The van der Waals surface area contributed by atoms with E-state index in [9.17, 15) is 22.4 Å². The van der Waals surface area contributed by atoms with Gasteiger partial charge in [-0.25, -0.2) is 22.4 Å². The van der Waals surface area contributed by atoms with Gasteiger partial charge < -0.3 is 15.4 Å². The van der Waals surface area contributed by atoms with E-state index in [0.717, 1.165) is 12.3 Å². The van der Waals surface area contributed by atoms with Gasteiger partial charge in [-0.05, 0) is 24.6 Å². The third kappa shape index (κ3) is 4.87. The Bertz CT molecular complexity index is 815. The van der Waals surface area contributed by atoms with Gasteiger partial charge in [0.2, 0.25) is 0 Å². The third-order valence-corrected chi connectivity index (χ3v) is 4.08. The zero-order chi connectivity index (χ0) is 19.4. The maximum absolute atomic E-state index is 13.6. The SMILES string of the molecule is O=C(NCCc1ccc(C(F)F)cn1)NC1COc2c(F)cc(F)cc2C1. The predicted octanol–water partition coefficient (Wildman–Crippen LogP) is 3.14. The van der Waals surface area contributed by atoms with E-state index in [-0.39, 0.29) is 30.9 Å². The summed E-state index contributed by atoms with van der Waals surface area (Å²) in [6.45, 7) is 0.319. The van der Waals surface area contributed by atoms with Crippen molar-refractivity contribution in [1.82, 2.24) is 15.6 Å². The Kier molecular flexibility index (Phi) is 5.78. The second-order valence-corrected chi connectivity index (χ2v) is 6.12. The number of halogens is 4. The number of ether oxygens (including phenoxy) is 1. The van der Waals surface area contributed by atoms with Gasteiger partial charge in [0.25, 0.3) is 6.43 Å². The highest BCUT2D eigenvalue weighted by Crippen LogP contribution is 2.28. The quantitative estimate of drug-likeness (QED) is 0.780. The van der Waals surface area contributed by atoms with Gasteiger partial charge >= 0.3 is 6.03 Å². The number of pyridine rings is 1. The van der Waals surface area contributed by atoms with Gasteiger partial charge in [0.05, 0.1) is 6.04 Å². The highest BCUT2D eigenvalue weighted by Gasteiger charge is 2.24. The number of hydrogen-bond donors (Lipinski definition) is 2. The van der Waals surface area contributed by atoms with Crippen LogP contribution in [0.1, 0.15) is 23.2 Å². The average molecular weight is 383 g/mol. The molecule has 1 atom stereocenters. The molecule has 1 aromatic heterocycles. The molecule has 0 bridgehead atoms. The Balaban J connectivity index is 1.46. The van der Waals surface area contributed by atoms with Crippen LogP contribution in [0.15, 0.2) is 30.5 Å². The number of nitrogens with zero attached hydrogens (tertiary/aromatic N) is 1. The number of carbonyl (C=O) groups excluding carboxylic acids is 1. The Morgan fingerprint density at radius 1 is 1.30 bits per heavy atom. The molecule has 1 aliphatic rings. The van der Waals surface area contributed by atoms with Gasteiger partial charge in [-0.2, -0.15) is 0 Å². The maximum atomic E-state index is 13.6. The molecule has 1 aliphatic heterocycles. The second-order valence-electron chi connectivity index (χ2n) is 6.12. The Hall–Kier alpha value is -2.84. The second kappa shape index (κ2) is 8.24. The number of hydrogen-bond acceptors (Lipinski definition) is 3. The first-order valence-electron chi connectivity index (χ1n) is 8.30. The molecule has 2 amide bonds. The van der Waals surface area contributed by atoms with Crippen LogP contribution in [0.5, 0.6) is 5.75 Å². The molecule has 9 heteroatoms. The molecule has 0 spiro atoms. The van der Waals surface area contributed by atoms with Gasteiger partial charge in [0.1, 0.15) is 12.4 Å². The summed E-state index contributed by atoms with van der Waals surface area (Å²) >= 11 is 0. The lowest BCUT2D eigenvalue weighted by molar-refractivity contribution is 0.151. The summed E-state index contributed by atoms with van der Waals surface area (Å²) in [4.78, 5) is 15.9. The minimum Gasteiger partial charge on any atom is -0.488 e. The number of aromatic nitrogens is 1.